The van der Waals surface area contributed by atoms with Crippen LogP contribution in [-0.2, 0) is 3.76 Å². The summed E-state index contributed by atoms with van der Waals surface area (Å²) in [6, 6.07) is 0. The molecule has 0 radical (unpaired) electrons. The molecule has 0 amide bonds. The second-order valence-corrected chi connectivity index (χ2v) is 12.9. The van der Waals surface area contributed by atoms with E-state index in [4.69, 9.17) is 3.76 Å². The van der Waals surface area contributed by atoms with Gasteiger partial charge in [-0.3, -0.25) is 0 Å². The summed E-state index contributed by atoms with van der Waals surface area (Å²) in [5.74, 6) is 0.861. The molecular weight excluding hydrogens is 185 g/mol. The third-order valence-electron chi connectivity index (χ3n) is 2.68. The van der Waals surface area contributed by atoms with E-state index in [1.807, 2.05) is 0 Å². The van der Waals surface area contributed by atoms with E-state index >= 15 is 0 Å². The van der Waals surface area contributed by atoms with Crippen molar-refractivity contribution in [1.29, 1.82) is 0 Å². The third kappa shape index (κ3) is 1.56. The van der Waals surface area contributed by atoms with Crippen LogP contribution in [0.5, 0.6) is 0 Å². The molecule has 0 N–H and O–H groups in total. The zero-order valence-corrected chi connectivity index (χ0v) is 9.41. The van der Waals surface area contributed by atoms with Crippen molar-refractivity contribution in [1.82, 2.24) is 0 Å². The van der Waals surface area contributed by atoms with E-state index < -0.39 is 13.6 Å². The summed E-state index contributed by atoms with van der Waals surface area (Å²) in [6.07, 6.45) is 0. The monoisotopic (exact) mass is 204 g/mol. The van der Waals surface area contributed by atoms with Gasteiger partial charge in [0, 0.05) is 0 Å². The van der Waals surface area contributed by atoms with Crippen LogP contribution >= 0.6 is 0 Å². The van der Waals surface area contributed by atoms with Gasteiger partial charge in [-0.05, 0) is 0 Å². The molecule has 1 aliphatic heterocycles. The first-order valence-corrected chi connectivity index (χ1v) is 9.67. The van der Waals surface area contributed by atoms with Crippen LogP contribution in [-0.4, -0.2) is 20.2 Å². The number of rotatable bonds is 2. The molecule has 1 saturated heterocycles. The first-order valence-electron chi connectivity index (χ1n) is 4.36. The summed E-state index contributed by atoms with van der Waals surface area (Å²) >= 11 is -1.63. The minimum absolute atomic E-state index is 0.861. The van der Waals surface area contributed by atoms with Gasteiger partial charge >= 0.3 is 66.4 Å². The van der Waals surface area contributed by atoms with Crippen molar-refractivity contribution in [2.24, 2.45) is 5.92 Å². The normalized spacial score (nSPS) is 30.9. The van der Waals surface area contributed by atoms with Gasteiger partial charge < -0.3 is 0 Å². The maximum absolute atomic E-state index is 5.94. The van der Waals surface area contributed by atoms with E-state index in [1.165, 1.54) is 15.8 Å². The summed E-state index contributed by atoms with van der Waals surface area (Å²) in [4.78, 5) is 0. The number of hydrogen-bond acceptors (Lipinski definition) is 1. The van der Waals surface area contributed by atoms with Crippen molar-refractivity contribution in [3.8, 4) is 0 Å². The first kappa shape index (κ1) is 8.60. The molecule has 0 aromatic rings. The van der Waals surface area contributed by atoms with Crippen molar-refractivity contribution in [3.05, 3.63) is 0 Å². The standard InChI is InChI=1S/C8H18GeO/c1-4-9(5-2)6-8(3)7-10-9/h8H,4-7H2,1-3H3. The molecule has 60 valence electrons. The van der Waals surface area contributed by atoms with E-state index in [0.29, 0.717) is 0 Å². The van der Waals surface area contributed by atoms with Crippen LogP contribution < -0.4 is 0 Å². The fourth-order valence-electron chi connectivity index (χ4n) is 1.81. The van der Waals surface area contributed by atoms with Crippen LogP contribution in [0.1, 0.15) is 20.8 Å². The molecule has 1 unspecified atom stereocenters. The Bertz CT molecular complexity index is 110. The molecule has 0 aromatic heterocycles. The topological polar surface area (TPSA) is 9.23 Å². The van der Waals surface area contributed by atoms with E-state index in [-0.39, 0.29) is 0 Å². The fraction of sp³-hybridized carbons (Fsp3) is 1.00. The van der Waals surface area contributed by atoms with Crippen molar-refractivity contribution < 1.29 is 3.76 Å². The summed E-state index contributed by atoms with van der Waals surface area (Å²) in [5, 5.41) is 4.18. The Morgan fingerprint density at radius 1 is 1.40 bits per heavy atom. The van der Waals surface area contributed by atoms with Gasteiger partial charge in [0.05, 0.1) is 0 Å². The SMILES string of the molecule is C[CH2][Ge]1([CH2]C)[CH2]C(C)C[O]1. The predicted molar refractivity (Wildman–Crippen MR) is 46.6 cm³/mol. The van der Waals surface area contributed by atoms with Crippen molar-refractivity contribution >= 4 is 13.6 Å². The molecule has 1 nitrogen and oxygen atoms in total. The van der Waals surface area contributed by atoms with Gasteiger partial charge in [-0.15, -0.1) is 0 Å². The van der Waals surface area contributed by atoms with E-state index in [2.05, 4.69) is 20.8 Å². The minimum atomic E-state index is -1.63. The first-order chi connectivity index (χ1) is 4.72. The molecule has 1 heterocycles. The van der Waals surface area contributed by atoms with Crippen LogP contribution in [0.25, 0.3) is 0 Å². The molecule has 1 aliphatic rings. The van der Waals surface area contributed by atoms with Crippen molar-refractivity contribution in [3.63, 3.8) is 0 Å². The maximum atomic E-state index is 5.94. The Kier molecular flexibility index (Phi) is 2.81. The second kappa shape index (κ2) is 3.27. The molecule has 0 aliphatic carbocycles. The van der Waals surface area contributed by atoms with Gasteiger partial charge in [0.25, 0.3) is 0 Å². The van der Waals surface area contributed by atoms with E-state index in [9.17, 15) is 0 Å². The van der Waals surface area contributed by atoms with Gasteiger partial charge in [0.15, 0.2) is 0 Å². The quantitative estimate of drug-likeness (QED) is 0.626. The molecule has 0 aromatic carbocycles. The average Bonchev–Trinajstić information content (AvgIpc) is 2.33. The molecular formula is C8H18GeO. The Labute approximate surface area is 66.8 Å². The average molecular weight is 203 g/mol. The molecule has 2 heteroatoms. The van der Waals surface area contributed by atoms with Crippen LogP contribution in [0.15, 0.2) is 0 Å². The van der Waals surface area contributed by atoms with Crippen molar-refractivity contribution in [2.45, 2.75) is 36.5 Å². The van der Waals surface area contributed by atoms with Crippen LogP contribution in [0.2, 0.25) is 15.8 Å². The molecule has 10 heavy (non-hydrogen) atoms. The molecule has 1 fully saturated rings. The second-order valence-electron chi connectivity index (χ2n) is 3.51. The van der Waals surface area contributed by atoms with Crippen molar-refractivity contribution in [2.75, 3.05) is 6.61 Å². The Hall–Kier alpha value is 0.503. The third-order valence-corrected chi connectivity index (χ3v) is 12.7. The van der Waals surface area contributed by atoms with Gasteiger partial charge in [-0.2, -0.15) is 0 Å². The van der Waals surface area contributed by atoms with Crippen LogP contribution in [0.4, 0.5) is 0 Å². The molecule has 1 atom stereocenters. The van der Waals surface area contributed by atoms with Gasteiger partial charge in [0.2, 0.25) is 0 Å². The zero-order chi connectivity index (χ0) is 7.61. The molecule has 1 rings (SSSR count). The van der Waals surface area contributed by atoms with E-state index in [0.717, 1.165) is 12.5 Å². The summed E-state index contributed by atoms with van der Waals surface area (Å²) in [5.41, 5.74) is 0. The fourth-order valence-corrected chi connectivity index (χ4v) is 9.43. The molecule has 0 spiro atoms. The van der Waals surface area contributed by atoms with Gasteiger partial charge in [-0.1, -0.05) is 0 Å². The van der Waals surface area contributed by atoms with Crippen LogP contribution in [0.3, 0.4) is 0 Å². The molecule has 0 saturated carbocycles. The molecule has 0 bridgehead atoms. The predicted octanol–water partition coefficient (Wildman–Crippen LogP) is 2.64. The van der Waals surface area contributed by atoms with Crippen LogP contribution in [0, 0.1) is 5.92 Å². The summed E-state index contributed by atoms with van der Waals surface area (Å²) in [7, 11) is 0. The summed E-state index contributed by atoms with van der Waals surface area (Å²) < 4.78 is 5.94. The summed E-state index contributed by atoms with van der Waals surface area (Å²) in [6.45, 7) is 7.99. The Morgan fingerprint density at radius 3 is 2.20 bits per heavy atom. The Balaban J connectivity index is 2.51. The van der Waals surface area contributed by atoms with E-state index in [1.54, 1.807) is 0 Å². The number of hydrogen-bond donors (Lipinski definition) is 0. The van der Waals surface area contributed by atoms with Gasteiger partial charge in [-0.25, -0.2) is 0 Å². The van der Waals surface area contributed by atoms with Gasteiger partial charge in [0.1, 0.15) is 0 Å². The zero-order valence-electron chi connectivity index (χ0n) is 7.31. The Morgan fingerprint density at radius 2 is 2.00 bits per heavy atom.